The fraction of sp³-hybridized carbons (Fsp3) is 0.310. The highest BCUT2D eigenvalue weighted by molar-refractivity contribution is 7.90. The van der Waals surface area contributed by atoms with Crippen LogP contribution in [0.1, 0.15) is 47.2 Å². The summed E-state index contributed by atoms with van der Waals surface area (Å²) < 4.78 is 75.3. The number of alkyl halides is 3. The van der Waals surface area contributed by atoms with Crippen LogP contribution in [0.4, 0.5) is 13.2 Å². The number of imidazole rings is 1. The van der Waals surface area contributed by atoms with Crippen LogP contribution in [0.25, 0.3) is 11.0 Å². The van der Waals surface area contributed by atoms with Crippen molar-refractivity contribution >= 4 is 27.0 Å². The molecule has 8 nitrogen and oxygen atoms in total. The van der Waals surface area contributed by atoms with Crippen molar-refractivity contribution in [1.29, 1.82) is 5.41 Å². The average Bonchev–Trinajstić information content (AvgIpc) is 3.28. The topological polar surface area (TPSA) is 100 Å². The van der Waals surface area contributed by atoms with E-state index in [9.17, 15) is 21.6 Å². The maximum Gasteiger partial charge on any atom is 0.416 e. The molecular formula is C29H30F3N5O3S. The zero-order valence-electron chi connectivity index (χ0n) is 23.0. The van der Waals surface area contributed by atoms with Crippen LogP contribution in [-0.4, -0.2) is 42.4 Å². The van der Waals surface area contributed by atoms with E-state index in [-0.39, 0.29) is 11.5 Å². The van der Waals surface area contributed by atoms with Gasteiger partial charge >= 0.3 is 6.18 Å². The third-order valence-corrected chi connectivity index (χ3v) is 9.97. The summed E-state index contributed by atoms with van der Waals surface area (Å²) in [6.45, 7) is 4.21. The van der Waals surface area contributed by atoms with Crippen LogP contribution in [0.2, 0.25) is 0 Å². The number of nitrogens with zero attached hydrogens (tertiary/aromatic N) is 3. The van der Waals surface area contributed by atoms with Crippen molar-refractivity contribution in [3.63, 3.8) is 0 Å². The minimum absolute atomic E-state index is 0.173. The van der Waals surface area contributed by atoms with Crippen molar-refractivity contribution in [3.05, 3.63) is 94.8 Å². The Kier molecular flexibility index (Phi) is 7.01. The summed E-state index contributed by atoms with van der Waals surface area (Å²) in [5, 5.41) is 10.1. The predicted octanol–water partition coefficient (Wildman–Crippen LogP) is 5.43. The first-order valence-electron chi connectivity index (χ1n) is 12.9. The Hall–Kier alpha value is -4.06. The number of methoxy groups -OCH3 is 1. The van der Waals surface area contributed by atoms with Crippen LogP contribution in [0.5, 0.6) is 5.75 Å². The maximum atomic E-state index is 13.7. The zero-order chi connectivity index (χ0) is 29.7. The lowest BCUT2D eigenvalue weighted by molar-refractivity contribution is -0.137. The molecule has 1 aromatic heterocycles. The van der Waals surface area contributed by atoms with E-state index >= 15 is 0 Å². The van der Waals surface area contributed by atoms with Gasteiger partial charge < -0.3 is 14.6 Å². The van der Waals surface area contributed by atoms with Crippen molar-refractivity contribution in [2.45, 2.75) is 43.8 Å². The fourth-order valence-electron chi connectivity index (χ4n) is 5.41. The molecule has 0 spiro atoms. The fourth-order valence-corrected chi connectivity index (χ4v) is 7.32. The highest BCUT2D eigenvalue weighted by atomic mass is 32.2. The molecule has 41 heavy (non-hydrogen) atoms. The number of hydrogen-bond donors (Lipinski definition) is 2. The van der Waals surface area contributed by atoms with Crippen molar-refractivity contribution in [1.82, 2.24) is 19.2 Å². The van der Waals surface area contributed by atoms with Gasteiger partial charge in [-0.05, 0) is 60.0 Å². The Morgan fingerprint density at radius 1 is 1.07 bits per heavy atom. The van der Waals surface area contributed by atoms with Crippen LogP contribution in [-0.2, 0) is 34.7 Å². The van der Waals surface area contributed by atoms with Gasteiger partial charge in [0.2, 0.25) is 16.0 Å². The number of aromatic nitrogens is 2. The number of fused-ring (bicyclic) bond motifs is 1. The molecule has 0 aliphatic carbocycles. The summed E-state index contributed by atoms with van der Waals surface area (Å²) in [6.07, 6.45) is -3.90. The Bertz CT molecular complexity index is 1720. The summed E-state index contributed by atoms with van der Waals surface area (Å²) in [6, 6.07) is 17.3. The van der Waals surface area contributed by atoms with Gasteiger partial charge in [-0.3, -0.25) is 5.41 Å². The molecule has 1 aliphatic rings. The van der Waals surface area contributed by atoms with E-state index < -0.39 is 32.6 Å². The zero-order valence-corrected chi connectivity index (χ0v) is 23.8. The van der Waals surface area contributed by atoms with Gasteiger partial charge in [0.15, 0.2) is 0 Å². The predicted molar refractivity (Wildman–Crippen MR) is 150 cm³/mol. The Morgan fingerprint density at radius 3 is 2.32 bits per heavy atom. The second kappa shape index (κ2) is 10.1. The molecule has 5 rings (SSSR count). The second-order valence-corrected chi connectivity index (χ2v) is 12.3. The van der Waals surface area contributed by atoms with Gasteiger partial charge in [-0.2, -0.15) is 13.2 Å². The molecule has 0 amide bonds. The molecule has 0 bridgehead atoms. The molecule has 12 heteroatoms. The molecule has 0 radical (unpaired) electrons. The quantitative estimate of drug-likeness (QED) is 0.314. The third-order valence-electron chi connectivity index (χ3n) is 7.68. The molecule has 0 saturated carbocycles. The van der Waals surface area contributed by atoms with E-state index in [1.807, 2.05) is 37.3 Å². The normalized spacial score (nSPS) is 20.7. The van der Waals surface area contributed by atoms with Gasteiger partial charge in [-0.15, -0.1) is 0 Å². The van der Waals surface area contributed by atoms with E-state index in [0.29, 0.717) is 24.0 Å². The number of rotatable bonds is 6. The number of benzene rings is 3. The number of sulfonamides is 1. The summed E-state index contributed by atoms with van der Waals surface area (Å²) in [7, 11) is -1.33. The molecule has 216 valence electrons. The monoisotopic (exact) mass is 585 g/mol. The van der Waals surface area contributed by atoms with Crippen LogP contribution in [0.15, 0.2) is 66.7 Å². The summed E-state index contributed by atoms with van der Waals surface area (Å²) in [4.78, 5) is 4.83. The Labute approximate surface area is 236 Å². The lowest BCUT2D eigenvalue weighted by Crippen LogP contribution is -2.62. The van der Waals surface area contributed by atoms with Crippen LogP contribution >= 0.6 is 0 Å². The van der Waals surface area contributed by atoms with Crippen LogP contribution < -0.4 is 10.1 Å². The van der Waals surface area contributed by atoms with Crippen molar-refractivity contribution in [3.8, 4) is 5.75 Å². The number of nitrogens with one attached hydrogen (secondary N) is 2. The number of guanidine groups is 1. The molecule has 0 unspecified atom stereocenters. The number of ether oxygens (including phenoxy) is 1. The Morgan fingerprint density at radius 2 is 1.73 bits per heavy atom. The van der Waals surface area contributed by atoms with Crippen LogP contribution in [0.3, 0.4) is 0 Å². The molecule has 3 aromatic carbocycles. The lowest BCUT2D eigenvalue weighted by Gasteiger charge is -2.46. The highest BCUT2D eigenvalue weighted by Gasteiger charge is 2.52. The van der Waals surface area contributed by atoms with E-state index in [2.05, 4.69) is 9.88 Å². The standard InChI is InChI=1S/C29H30F3N5O3S/c1-5-25-34-23-16-21(12-15-24(23)37(25)17-18-6-13-22(40-4)14-7-18)28(2)26(41(38,39)36(3)27(33)35-28)19-8-10-20(11-9-19)29(30,31)32/h6-16,26H,5,17H2,1-4H3,(H2,33,35)/t26-,28-/m1/s1. The smallest absolute Gasteiger partial charge is 0.416 e. The first-order valence-corrected chi connectivity index (χ1v) is 14.4. The van der Waals surface area contributed by atoms with Gasteiger partial charge in [-0.1, -0.05) is 37.3 Å². The molecule has 1 fully saturated rings. The van der Waals surface area contributed by atoms with E-state index in [1.165, 1.54) is 19.2 Å². The van der Waals surface area contributed by atoms with Crippen LogP contribution in [0, 0.1) is 5.41 Å². The molecule has 2 heterocycles. The molecule has 2 N–H and O–H groups in total. The second-order valence-electron chi connectivity index (χ2n) is 10.2. The first-order chi connectivity index (χ1) is 19.3. The molecule has 4 aromatic rings. The number of halogens is 3. The SMILES string of the molecule is CCc1nc2cc([C@@]3(C)NC(=N)N(C)S(=O)(=O)[C@@H]3c3ccc(C(F)(F)F)cc3)ccc2n1Cc1ccc(OC)cc1. The van der Waals surface area contributed by atoms with E-state index in [1.54, 1.807) is 26.2 Å². The Balaban J connectivity index is 1.61. The van der Waals surface area contributed by atoms with Crippen molar-refractivity contribution in [2.24, 2.45) is 0 Å². The molecule has 2 atom stereocenters. The lowest BCUT2D eigenvalue weighted by atomic mass is 9.84. The number of hydrogen-bond acceptors (Lipinski definition) is 5. The minimum atomic E-state index is -4.56. The molecular weight excluding hydrogens is 555 g/mol. The molecule has 1 saturated heterocycles. The maximum absolute atomic E-state index is 13.7. The summed E-state index contributed by atoms with van der Waals surface area (Å²) >= 11 is 0. The van der Waals surface area contributed by atoms with Crippen molar-refractivity contribution in [2.75, 3.05) is 14.2 Å². The summed E-state index contributed by atoms with van der Waals surface area (Å²) in [5.41, 5.74) is 0.991. The summed E-state index contributed by atoms with van der Waals surface area (Å²) in [5.74, 6) is 1.26. The van der Waals surface area contributed by atoms with Gasteiger partial charge in [0.1, 0.15) is 16.8 Å². The first kappa shape index (κ1) is 28.5. The van der Waals surface area contributed by atoms with Gasteiger partial charge in [0.05, 0.1) is 29.2 Å². The van der Waals surface area contributed by atoms with Crippen molar-refractivity contribution < 1.29 is 26.3 Å². The van der Waals surface area contributed by atoms with Gasteiger partial charge in [0, 0.05) is 20.0 Å². The largest absolute Gasteiger partial charge is 0.497 e. The average molecular weight is 586 g/mol. The van der Waals surface area contributed by atoms with Gasteiger partial charge in [-0.25, -0.2) is 17.7 Å². The van der Waals surface area contributed by atoms with E-state index in [4.69, 9.17) is 15.1 Å². The highest BCUT2D eigenvalue weighted by Crippen LogP contribution is 2.45. The van der Waals surface area contributed by atoms with E-state index in [0.717, 1.165) is 39.1 Å². The molecule has 1 aliphatic heterocycles. The third kappa shape index (κ3) is 4.90. The minimum Gasteiger partial charge on any atom is -0.497 e. The number of aryl methyl sites for hydroxylation is 1. The van der Waals surface area contributed by atoms with Gasteiger partial charge in [0.25, 0.3) is 0 Å².